The van der Waals surface area contributed by atoms with Crippen LogP contribution in [0.2, 0.25) is 0 Å². The number of halogens is 1. The fourth-order valence-corrected chi connectivity index (χ4v) is 14.2. The second-order valence-electron chi connectivity index (χ2n) is 33.2. The molecule has 4 aliphatic heterocycles. The first-order chi connectivity index (χ1) is 67.3. The highest BCUT2D eigenvalue weighted by Crippen LogP contribution is 2.42. The molecule has 4 aliphatic rings. The second kappa shape index (κ2) is 63.4. The Kier molecular flexibility index (Phi) is 53.6. The van der Waals surface area contributed by atoms with Crippen molar-refractivity contribution in [3.05, 3.63) is 189 Å². The number of aliphatic carboxylic acids is 1. The largest absolute Gasteiger partial charge is 0.497 e. The molecule has 5 amide bonds. The van der Waals surface area contributed by atoms with Crippen LogP contribution in [0.15, 0.2) is 171 Å². The molecule has 0 radical (unpaired) electrons. The van der Waals surface area contributed by atoms with Crippen LogP contribution in [0.5, 0.6) is 23.0 Å². The average molecular weight is 1980 g/mol. The van der Waals surface area contributed by atoms with Gasteiger partial charge in [0.25, 0.3) is 11.8 Å². The molecule has 766 valence electrons. The van der Waals surface area contributed by atoms with E-state index in [9.17, 15) is 77.0 Å². The lowest BCUT2D eigenvalue weighted by Gasteiger charge is -2.23. The van der Waals surface area contributed by atoms with Crippen LogP contribution in [0.3, 0.4) is 0 Å². The Morgan fingerprint density at radius 1 is 0.482 bits per heavy atom. The number of carbonyl (C=O) groups excluding carboxylic acids is 14. The van der Waals surface area contributed by atoms with Crippen LogP contribution in [0.25, 0.3) is 11.1 Å². The predicted molar refractivity (Wildman–Crippen MR) is 531 cm³/mol. The fourth-order valence-electron chi connectivity index (χ4n) is 14.2. The molecular weight excluding hydrogens is 1850 g/mol. The number of ether oxygens (including phenoxy) is 12. The maximum atomic E-state index is 14.2. The summed E-state index contributed by atoms with van der Waals surface area (Å²) in [5, 5.41) is 17.2. The number of fused-ring (bicyclic) bond motifs is 4. The molecule has 0 saturated heterocycles. The fraction of sp³-hybridized carbons (Fsp3) is 0.447. The van der Waals surface area contributed by atoms with E-state index in [0.29, 0.717) is 71.3 Å². The minimum atomic E-state index is -1.19. The number of carbonyl (C=O) groups is 15. The van der Waals surface area contributed by atoms with Gasteiger partial charge in [0.1, 0.15) is 57.2 Å². The molecule has 0 fully saturated rings. The summed E-state index contributed by atoms with van der Waals surface area (Å²) in [5.74, 6) is -7.15. The van der Waals surface area contributed by atoms with Crippen molar-refractivity contribution in [3.8, 4) is 23.0 Å². The van der Waals surface area contributed by atoms with Crippen LogP contribution < -0.4 is 46.4 Å². The molecule has 37 nitrogen and oxygen atoms in total. The molecule has 0 saturated carbocycles. The number of carboxylic acids is 1. The Morgan fingerprint density at radius 2 is 0.872 bits per heavy atom. The molecule has 8 N–H and O–H groups in total. The first-order valence-electron chi connectivity index (χ1n) is 45.7. The number of nitrogens with one attached hydrogen (secondary N) is 3. The summed E-state index contributed by atoms with van der Waals surface area (Å²) in [6.45, 7) is 34.2. The van der Waals surface area contributed by atoms with Gasteiger partial charge in [-0.1, -0.05) is 142 Å². The summed E-state index contributed by atoms with van der Waals surface area (Å²) < 4.78 is 61.6. The van der Waals surface area contributed by atoms with E-state index in [-0.39, 0.29) is 164 Å². The minimum absolute atomic E-state index is 0.00455. The number of benzene rings is 4. The van der Waals surface area contributed by atoms with Gasteiger partial charge in [-0.15, -0.1) is 11.6 Å². The molecule has 4 aromatic rings. The van der Waals surface area contributed by atoms with Gasteiger partial charge in [0.05, 0.1) is 106 Å². The molecule has 0 bridgehead atoms. The molecule has 0 unspecified atom stereocenters. The zero-order valence-corrected chi connectivity index (χ0v) is 83.0. The number of hydrogen-bond acceptors (Lipinski definition) is 31. The molecule has 141 heavy (non-hydrogen) atoms. The van der Waals surface area contributed by atoms with Crippen molar-refractivity contribution in [1.82, 2.24) is 20.4 Å². The Labute approximate surface area is 827 Å². The highest BCUT2D eigenvalue weighted by Gasteiger charge is 2.38. The van der Waals surface area contributed by atoms with Crippen LogP contribution in [0, 0.1) is 42.4 Å². The van der Waals surface area contributed by atoms with Crippen molar-refractivity contribution in [1.29, 1.82) is 0 Å². The van der Waals surface area contributed by atoms with E-state index in [1.165, 1.54) is 64.2 Å². The topological polar surface area (TPSA) is 506 Å². The monoisotopic (exact) mass is 1980 g/mol. The lowest BCUT2D eigenvalue weighted by Crippen LogP contribution is -2.45. The van der Waals surface area contributed by atoms with Gasteiger partial charge in [0, 0.05) is 119 Å². The van der Waals surface area contributed by atoms with Crippen LogP contribution in [0.4, 0.5) is 26.7 Å². The van der Waals surface area contributed by atoms with Gasteiger partial charge in [-0.3, -0.25) is 72.3 Å². The SMILES string of the molecule is C=CCOC(=O)CC[C@H](CC(=O)[C@@H](N)C(C)C)C(=O)OC.C=CCOC(=O)CC[C@H](CC(=O)[C@@H](NC(=O)OCC=C)C(C)C)C(=O)Nc1ccc(C2=CN3C(=O)c4cc(OC)c(OCCCOc5cc6c(cc5C)C(=O)N5C=C(c7ccc(OC)cc7)C[C@H]5C=N6)cc4N=C[C@@H]3C2)cc1.C=CCOC(=O)CC[C@H](CC(=O)[C@@H](NC(=O)OCC=C)C(C)C)C(=O)O.C=CCOC(=O)CC[C@H](N)C(=O)OC.CCl. The van der Waals surface area contributed by atoms with Gasteiger partial charge in [-0.2, -0.15) is 0 Å². The zero-order chi connectivity index (χ0) is 105. The standard InChI is InChI=1S/C60H64N6O12.C18H27NO7.C15H25NO5.C9H15NO4.CH3Cl/c1-8-21-77-55(68)20-15-40(28-51(67)56(36(3)4)64-60(72)78-22-9-2)57(69)63-43-16-11-38(12-17-43)41-26-45-33-62-50-31-54(53(74-7)29-48(50)59(71)66(45)34-41)76-24-10-23-75-52-30-49-47(25-37(52)5)58(70)65-35-42(27-44(65)32-61-49)39-13-18-46(73-6)19-14-39;1-5-9-25-15(21)8-7-13(17(22)23)11-14(20)16(12(3)4)19-18(24)26-10-6-2;1-5-8-21-13(18)7-6-11(15(19)20-4)9-12(17)14(16)10(2)3;1-3-6-14-8(11)5-4-7(10)9(12)13-2;1-2/h8-9,11-14,16-19,25,29-36,40,44-45,56H,1-2,10,15,20-24,26-28H2,3-7H3,(H,63,69)(H,64,72);5-6,12-13,16H,1-2,7-11H2,3-4H3,(H,19,24)(H,22,23);5,10-11,14H,1,6-9,16H2,2-4H3;3,7H,1,4-6,10H2,2H3;1H3/t40-,44+,45+,56+;13-,16+;11-,14+;7-;/m1110./s1. The van der Waals surface area contributed by atoms with Gasteiger partial charge >= 0.3 is 54.0 Å². The quantitative estimate of drug-likeness (QED) is 0.00786. The summed E-state index contributed by atoms with van der Waals surface area (Å²) in [5.41, 5.74) is 18.0. The number of esters is 6. The number of Topliss-reactive ketones (excluding diaryl/α,β-unsaturated/α-hetero) is 3. The third-order valence-corrected chi connectivity index (χ3v) is 21.9. The lowest BCUT2D eigenvalue weighted by molar-refractivity contribution is -0.149. The Hall–Kier alpha value is -14.2. The van der Waals surface area contributed by atoms with Crippen molar-refractivity contribution in [2.75, 3.05) is 93.0 Å². The third kappa shape index (κ3) is 39.9. The second-order valence-corrected chi connectivity index (χ2v) is 33.2. The number of hydrogen-bond donors (Lipinski definition) is 6. The van der Waals surface area contributed by atoms with E-state index in [1.807, 2.05) is 81.7 Å². The van der Waals surface area contributed by atoms with E-state index in [0.717, 1.165) is 33.6 Å². The van der Waals surface area contributed by atoms with Crippen molar-refractivity contribution < 1.29 is 134 Å². The highest BCUT2D eigenvalue weighted by atomic mass is 35.5. The average Bonchev–Trinajstić information content (AvgIpc) is 1.63. The van der Waals surface area contributed by atoms with E-state index < -0.39 is 113 Å². The molecule has 4 heterocycles. The first-order valence-corrected chi connectivity index (χ1v) is 46.4. The van der Waals surface area contributed by atoms with E-state index >= 15 is 0 Å². The number of methoxy groups -OCH3 is 4. The van der Waals surface area contributed by atoms with Crippen LogP contribution in [-0.2, 0) is 90.6 Å². The summed E-state index contributed by atoms with van der Waals surface area (Å²) in [6, 6.07) is 18.1. The van der Waals surface area contributed by atoms with Crippen molar-refractivity contribution in [2.45, 2.75) is 175 Å². The van der Waals surface area contributed by atoms with Crippen molar-refractivity contribution >= 4 is 141 Å². The number of aryl methyl sites for hydroxylation is 1. The van der Waals surface area contributed by atoms with Gasteiger partial charge < -0.3 is 99.2 Å². The number of alkyl carbamates (subject to hydrolysis) is 2. The molecule has 8 rings (SSSR count). The molecule has 9 atom stereocenters. The molecule has 0 spiro atoms. The third-order valence-electron chi connectivity index (χ3n) is 21.9. The summed E-state index contributed by atoms with van der Waals surface area (Å²) in [7, 11) is 5.63. The van der Waals surface area contributed by atoms with Crippen LogP contribution in [0.1, 0.15) is 169 Å². The maximum Gasteiger partial charge on any atom is 0.408 e. The van der Waals surface area contributed by atoms with Crippen molar-refractivity contribution in [2.24, 2.45) is 57.0 Å². The van der Waals surface area contributed by atoms with E-state index in [1.54, 1.807) is 81.3 Å². The number of amides is 5. The van der Waals surface area contributed by atoms with Gasteiger partial charge in [0.15, 0.2) is 28.8 Å². The number of ketones is 3. The number of alkyl halides is 1. The number of anilines is 1. The minimum Gasteiger partial charge on any atom is -0.497 e. The Balaban J connectivity index is 0.000000531. The number of nitrogens with two attached hydrogens (primary N) is 2. The number of rotatable bonds is 53. The highest BCUT2D eigenvalue weighted by molar-refractivity contribution is 6.15. The normalized spacial score (nSPS) is 14.7. The van der Waals surface area contributed by atoms with Gasteiger partial charge in [0.2, 0.25) is 5.91 Å². The molecule has 4 aromatic carbocycles. The molecule has 0 aromatic heterocycles. The number of aliphatic imine (C=N–C) groups is 2. The Morgan fingerprint density at radius 3 is 1.28 bits per heavy atom. The first kappa shape index (κ1) is 119. The van der Waals surface area contributed by atoms with E-state index in [2.05, 4.69) is 76.5 Å². The number of nitrogens with zero attached hydrogens (tertiary/aromatic N) is 4. The summed E-state index contributed by atoms with van der Waals surface area (Å²) in [4.78, 5) is 197. The van der Waals surface area contributed by atoms with Crippen molar-refractivity contribution in [3.63, 3.8) is 0 Å². The zero-order valence-electron chi connectivity index (χ0n) is 82.2. The summed E-state index contributed by atoms with van der Waals surface area (Å²) >= 11 is 4.64. The smallest absolute Gasteiger partial charge is 0.408 e. The van der Waals surface area contributed by atoms with E-state index in [4.69, 9.17) is 68.8 Å². The van der Waals surface area contributed by atoms with Gasteiger partial charge in [-0.05, 0) is 115 Å². The molecular formula is C103H134ClN9O28. The van der Waals surface area contributed by atoms with Crippen LogP contribution >= 0.6 is 11.6 Å². The molecule has 0 aliphatic carbocycles. The summed E-state index contributed by atoms with van der Waals surface area (Å²) in [6.07, 6.45) is 17.1. The van der Waals surface area contributed by atoms with Crippen LogP contribution in [-0.4, -0.2) is 240 Å². The lowest BCUT2D eigenvalue weighted by atomic mass is 9.89. The molecule has 38 heteroatoms. The predicted octanol–water partition coefficient (Wildman–Crippen LogP) is 13.9. The van der Waals surface area contributed by atoms with Gasteiger partial charge in [-0.25, -0.2) is 9.59 Å². The maximum absolute atomic E-state index is 14.2. The number of carboxylic acid groups (broad SMARTS) is 1. The Bertz CT molecular complexity index is 5120.